The van der Waals surface area contributed by atoms with Crippen molar-refractivity contribution >= 4 is 40.3 Å². The second-order valence-corrected chi connectivity index (χ2v) is 9.05. The van der Waals surface area contributed by atoms with Crippen LogP contribution in [-0.2, 0) is 0 Å². The maximum absolute atomic E-state index is 14.1. The average Bonchev–Trinajstić information content (AvgIpc) is 3.59. The maximum Gasteiger partial charge on any atom is 0.263 e. The van der Waals surface area contributed by atoms with Crippen LogP contribution in [-0.4, -0.2) is 35.3 Å². The van der Waals surface area contributed by atoms with Gasteiger partial charge in [0.25, 0.3) is 11.5 Å². The number of amides is 1. The Labute approximate surface area is 222 Å². The summed E-state index contributed by atoms with van der Waals surface area (Å²) in [5, 5.41) is 15.4. The monoisotopic (exact) mass is 516 g/mol. The zero-order chi connectivity index (χ0) is 26.9. The molecular weight excluding hydrogens is 492 g/mol. The number of nitrogen functional groups attached to an aromatic ring is 1. The number of rotatable bonds is 6. The van der Waals surface area contributed by atoms with Gasteiger partial charge in [-0.05, 0) is 54.3 Å². The largest absolute Gasteiger partial charge is 0.381 e. The third-order valence-corrected chi connectivity index (χ3v) is 6.53. The van der Waals surface area contributed by atoms with Gasteiger partial charge < -0.3 is 11.1 Å². The van der Waals surface area contributed by atoms with E-state index in [2.05, 4.69) is 25.6 Å². The van der Waals surface area contributed by atoms with E-state index in [1.54, 1.807) is 29.2 Å². The number of hydrogen-bond donors (Lipinski definition) is 3. The number of carbonyl (C=O) groups is 1. The molecule has 10 nitrogen and oxygen atoms in total. The molecule has 1 atom stereocenters. The number of carbonyl (C=O) groups excluding carboxylic acids is 1. The molecule has 0 radical (unpaired) electrons. The first-order valence-electron chi connectivity index (χ1n) is 12.3. The highest BCUT2D eigenvalue weighted by Crippen LogP contribution is 2.25. The van der Waals surface area contributed by atoms with Gasteiger partial charge >= 0.3 is 0 Å². The lowest BCUT2D eigenvalue weighted by Gasteiger charge is -2.21. The molecule has 0 bridgehead atoms. The quantitative estimate of drug-likeness (QED) is 0.306. The van der Waals surface area contributed by atoms with E-state index in [1.807, 2.05) is 79.7 Å². The van der Waals surface area contributed by atoms with Gasteiger partial charge in [0, 0.05) is 30.0 Å². The second kappa shape index (κ2) is 9.75. The highest BCUT2D eigenvalue weighted by Gasteiger charge is 2.23. The number of fused-ring (bicyclic) bond motifs is 2. The van der Waals surface area contributed by atoms with Crippen molar-refractivity contribution in [3.8, 4) is 5.69 Å². The van der Waals surface area contributed by atoms with Crippen LogP contribution in [0.3, 0.4) is 0 Å². The van der Waals surface area contributed by atoms with Crippen LogP contribution >= 0.6 is 0 Å². The molecular formula is C29H24N8O2. The molecule has 1 amide bonds. The van der Waals surface area contributed by atoms with E-state index in [4.69, 9.17) is 5.73 Å². The van der Waals surface area contributed by atoms with Crippen molar-refractivity contribution in [2.24, 2.45) is 0 Å². The van der Waals surface area contributed by atoms with Crippen molar-refractivity contribution in [3.05, 3.63) is 118 Å². The fourth-order valence-electron chi connectivity index (χ4n) is 4.71. The van der Waals surface area contributed by atoms with Crippen LogP contribution in [0.5, 0.6) is 0 Å². The second-order valence-electron chi connectivity index (χ2n) is 9.05. The van der Waals surface area contributed by atoms with Gasteiger partial charge in [-0.1, -0.05) is 42.5 Å². The summed E-state index contributed by atoms with van der Waals surface area (Å²) >= 11 is 0. The topological polar surface area (TPSA) is 136 Å². The van der Waals surface area contributed by atoms with Crippen molar-refractivity contribution < 1.29 is 4.79 Å². The predicted octanol–water partition coefficient (Wildman–Crippen LogP) is 4.00. The summed E-state index contributed by atoms with van der Waals surface area (Å²) in [7, 11) is 0. The lowest BCUT2D eigenvalue weighted by Crippen LogP contribution is -2.32. The first-order chi connectivity index (χ1) is 19.0. The van der Waals surface area contributed by atoms with Gasteiger partial charge in [0.1, 0.15) is 5.56 Å². The lowest BCUT2D eigenvalue weighted by atomic mass is 10.0. The summed E-state index contributed by atoms with van der Waals surface area (Å²) in [6.07, 6.45) is 8.68. The number of aromatic amines is 1. The van der Waals surface area contributed by atoms with Gasteiger partial charge in [-0.3, -0.25) is 19.3 Å². The van der Waals surface area contributed by atoms with E-state index in [1.165, 1.54) is 4.52 Å². The maximum atomic E-state index is 14.1. The molecule has 4 aromatic heterocycles. The Morgan fingerprint density at radius 1 is 1.05 bits per heavy atom. The molecule has 39 heavy (non-hydrogen) atoms. The van der Waals surface area contributed by atoms with Gasteiger partial charge in [0.15, 0.2) is 11.5 Å². The number of nitrogens with zero attached hydrogens (tertiary/aromatic N) is 5. The molecule has 0 aliphatic carbocycles. The number of nitrogens with one attached hydrogen (secondary N) is 2. The Morgan fingerprint density at radius 3 is 2.69 bits per heavy atom. The Bertz CT molecular complexity index is 1900. The number of hydrogen-bond acceptors (Lipinski definition) is 6. The van der Waals surface area contributed by atoms with Gasteiger partial charge in [0.05, 0.1) is 17.1 Å². The fourth-order valence-corrected chi connectivity index (χ4v) is 4.71. The van der Waals surface area contributed by atoms with Crippen LogP contribution in [0.1, 0.15) is 40.3 Å². The van der Waals surface area contributed by atoms with Gasteiger partial charge in [-0.25, -0.2) is 9.50 Å². The average molecular weight is 517 g/mol. The molecule has 4 N–H and O–H groups in total. The molecule has 10 heteroatoms. The van der Waals surface area contributed by atoms with E-state index in [0.717, 1.165) is 16.6 Å². The molecule has 0 fully saturated rings. The van der Waals surface area contributed by atoms with E-state index in [9.17, 15) is 9.59 Å². The SMILES string of the molecule is C[C@H](NC(=O)c1c(N)nn2cccnc12)c1cc2cccc(/C=C/c3ccn[nH]3)c2c(=O)n1-c1ccccc1. The Hall–Kier alpha value is -5.51. The molecule has 0 unspecified atom stereocenters. The van der Waals surface area contributed by atoms with Crippen molar-refractivity contribution in [1.29, 1.82) is 0 Å². The van der Waals surface area contributed by atoms with Crippen molar-refractivity contribution in [1.82, 2.24) is 34.7 Å². The smallest absolute Gasteiger partial charge is 0.263 e. The van der Waals surface area contributed by atoms with Crippen LogP contribution in [0.15, 0.2) is 90.1 Å². The molecule has 2 aromatic carbocycles. The molecule has 0 aliphatic rings. The summed E-state index contributed by atoms with van der Waals surface area (Å²) in [5.41, 5.74) is 9.30. The summed E-state index contributed by atoms with van der Waals surface area (Å²) in [5.74, 6) is -0.358. The van der Waals surface area contributed by atoms with Crippen LogP contribution in [0.4, 0.5) is 5.82 Å². The Kier molecular flexibility index (Phi) is 5.96. The standard InChI is InChI=1S/C29H24N8O2/c1-18(33-28(38)25-26(30)35-36-16-6-14-31-27(25)36)23-17-20-8-5-7-19(11-12-21-13-15-32-34-21)24(20)29(39)37(23)22-9-3-2-4-10-22/h2-18H,1H3,(H2,30,35)(H,32,34)(H,33,38)/b12-11+/t18-/m0/s1. The number of aromatic nitrogens is 6. The van der Waals surface area contributed by atoms with Crippen molar-refractivity contribution in [3.63, 3.8) is 0 Å². The van der Waals surface area contributed by atoms with E-state index < -0.39 is 11.9 Å². The lowest BCUT2D eigenvalue weighted by molar-refractivity contribution is 0.0941. The van der Waals surface area contributed by atoms with Gasteiger partial charge in [-0.15, -0.1) is 5.10 Å². The molecule has 6 aromatic rings. The van der Waals surface area contributed by atoms with Crippen LogP contribution in [0.2, 0.25) is 0 Å². The number of para-hydroxylation sites is 1. The highest BCUT2D eigenvalue weighted by atomic mass is 16.2. The Morgan fingerprint density at radius 2 is 1.90 bits per heavy atom. The normalized spacial score (nSPS) is 12.3. The minimum atomic E-state index is -0.558. The number of pyridine rings is 1. The first kappa shape index (κ1) is 23.9. The molecule has 6 rings (SSSR count). The molecule has 4 heterocycles. The van der Waals surface area contributed by atoms with E-state index >= 15 is 0 Å². The third kappa shape index (κ3) is 4.33. The van der Waals surface area contributed by atoms with E-state index in [-0.39, 0.29) is 16.9 Å². The minimum Gasteiger partial charge on any atom is -0.381 e. The number of nitrogens with two attached hydrogens (primary N) is 1. The third-order valence-electron chi connectivity index (χ3n) is 6.53. The van der Waals surface area contributed by atoms with Crippen LogP contribution in [0.25, 0.3) is 34.3 Å². The summed E-state index contributed by atoms with van der Waals surface area (Å²) in [4.78, 5) is 31.8. The van der Waals surface area contributed by atoms with Gasteiger partial charge in [-0.2, -0.15) is 5.10 Å². The first-order valence-corrected chi connectivity index (χ1v) is 12.3. The molecule has 192 valence electrons. The van der Waals surface area contributed by atoms with Crippen LogP contribution < -0.4 is 16.6 Å². The zero-order valence-electron chi connectivity index (χ0n) is 20.9. The number of H-pyrrole nitrogens is 1. The van der Waals surface area contributed by atoms with E-state index in [0.29, 0.717) is 22.4 Å². The molecule has 0 saturated heterocycles. The predicted molar refractivity (Wildman–Crippen MR) is 150 cm³/mol. The minimum absolute atomic E-state index is 0.0751. The van der Waals surface area contributed by atoms with Crippen molar-refractivity contribution in [2.75, 3.05) is 5.73 Å². The number of benzene rings is 2. The van der Waals surface area contributed by atoms with Crippen molar-refractivity contribution in [2.45, 2.75) is 13.0 Å². The molecule has 0 spiro atoms. The zero-order valence-corrected chi connectivity index (χ0v) is 20.9. The summed E-state index contributed by atoms with van der Waals surface area (Å²) in [6, 6.07) is 20.0. The van der Waals surface area contributed by atoms with Gasteiger partial charge in [0.2, 0.25) is 0 Å². The summed E-state index contributed by atoms with van der Waals surface area (Å²) in [6.45, 7) is 1.83. The molecule has 0 saturated carbocycles. The number of anilines is 1. The van der Waals surface area contributed by atoms with Crippen LogP contribution in [0, 0.1) is 0 Å². The fraction of sp³-hybridized carbons (Fsp3) is 0.0690. The summed E-state index contributed by atoms with van der Waals surface area (Å²) < 4.78 is 3.10. The highest BCUT2D eigenvalue weighted by molar-refractivity contribution is 6.04. The Balaban J connectivity index is 1.47. The molecule has 0 aliphatic heterocycles.